The Kier molecular flexibility index (Phi) is 10.7. The molecule has 4 atom stereocenters. The molecule has 1 fully saturated rings. The van der Waals surface area contributed by atoms with Crippen molar-refractivity contribution in [2.75, 3.05) is 6.54 Å². The highest BCUT2D eigenvalue weighted by Gasteiger charge is 2.33. The molecule has 184 valence electrons. The Morgan fingerprint density at radius 3 is 1.88 bits per heavy atom. The molecule has 0 aromatic carbocycles. The predicted octanol–water partition coefficient (Wildman–Crippen LogP) is -4.11. The second-order valence-corrected chi connectivity index (χ2v) is 7.44. The van der Waals surface area contributed by atoms with Crippen LogP contribution in [-0.2, 0) is 33.6 Å². The highest BCUT2D eigenvalue weighted by molar-refractivity contribution is 5.97. The molecule has 0 saturated carbocycles. The number of hydrogen-bond donors (Lipinski definition) is 8. The van der Waals surface area contributed by atoms with Crippen molar-refractivity contribution in [3.63, 3.8) is 0 Å². The van der Waals surface area contributed by atoms with Crippen LogP contribution in [0.2, 0.25) is 0 Å². The number of carbonyl (C=O) groups excluding carboxylic acids is 5. The number of carboxylic acid groups (broad SMARTS) is 2. The lowest BCUT2D eigenvalue weighted by Gasteiger charge is -2.24. The van der Waals surface area contributed by atoms with Crippen LogP contribution in [-0.4, -0.2) is 82.4 Å². The second kappa shape index (κ2) is 12.9. The summed E-state index contributed by atoms with van der Waals surface area (Å²) in [4.78, 5) is 82.2. The first-order valence-corrected chi connectivity index (χ1v) is 10.1. The number of hydrogen-bond acceptors (Lipinski definition) is 8. The summed E-state index contributed by atoms with van der Waals surface area (Å²) in [5.74, 6) is -7.54. The lowest BCUT2D eigenvalue weighted by molar-refractivity contribution is -0.143. The molecule has 0 bridgehead atoms. The maximum atomic E-state index is 12.6. The average molecular weight is 472 g/mol. The van der Waals surface area contributed by atoms with E-state index >= 15 is 0 Å². The fourth-order valence-corrected chi connectivity index (χ4v) is 3.06. The van der Waals surface area contributed by atoms with Crippen LogP contribution in [0.25, 0.3) is 0 Å². The standard InChI is InChI=1S/C18H28N6O9/c19-12(25)4-3-9(18(32)33)22-16(30)10(6-13(20)26)23-17(31)11(7-14(27)28)24-15(29)8-2-1-5-21-8/h8-11,21H,1-7H2,(H2,19,25)(H2,20,26)(H,22,30)(H,23,31)(H,24,29)(H,27,28)(H,32,33). The van der Waals surface area contributed by atoms with Crippen molar-refractivity contribution in [1.29, 1.82) is 0 Å². The number of primary amides is 2. The maximum absolute atomic E-state index is 12.6. The van der Waals surface area contributed by atoms with E-state index in [1.54, 1.807) is 0 Å². The molecular formula is C18H28N6O9. The highest BCUT2D eigenvalue weighted by Crippen LogP contribution is 2.07. The van der Waals surface area contributed by atoms with Crippen LogP contribution in [0.15, 0.2) is 0 Å². The molecule has 15 nitrogen and oxygen atoms in total. The number of carbonyl (C=O) groups is 7. The zero-order valence-electron chi connectivity index (χ0n) is 17.7. The van der Waals surface area contributed by atoms with Gasteiger partial charge in [-0.15, -0.1) is 0 Å². The third-order valence-corrected chi connectivity index (χ3v) is 4.72. The van der Waals surface area contributed by atoms with Gasteiger partial charge in [-0.2, -0.15) is 0 Å². The fraction of sp³-hybridized carbons (Fsp3) is 0.611. The quantitative estimate of drug-likeness (QED) is 0.121. The Bertz CT molecular complexity index is 796. The summed E-state index contributed by atoms with van der Waals surface area (Å²) in [7, 11) is 0. The minimum Gasteiger partial charge on any atom is -0.481 e. The van der Waals surface area contributed by atoms with E-state index in [9.17, 15) is 38.7 Å². The molecular weight excluding hydrogens is 444 g/mol. The van der Waals surface area contributed by atoms with Gasteiger partial charge in [0.2, 0.25) is 29.5 Å². The number of carboxylic acids is 2. The Morgan fingerprint density at radius 2 is 1.42 bits per heavy atom. The Hall–Kier alpha value is -3.75. The number of rotatable bonds is 14. The molecule has 1 aliphatic heterocycles. The van der Waals surface area contributed by atoms with Crippen molar-refractivity contribution in [1.82, 2.24) is 21.3 Å². The monoisotopic (exact) mass is 472 g/mol. The van der Waals surface area contributed by atoms with Crippen molar-refractivity contribution in [2.45, 2.75) is 62.7 Å². The fourth-order valence-electron chi connectivity index (χ4n) is 3.06. The van der Waals surface area contributed by atoms with Crippen LogP contribution in [0, 0.1) is 0 Å². The van der Waals surface area contributed by atoms with Crippen LogP contribution in [0.3, 0.4) is 0 Å². The zero-order chi connectivity index (χ0) is 25.1. The van der Waals surface area contributed by atoms with Crippen LogP contribution in [0.4, 0.5) is 0 Å². The van der Waals surface area contributed by atoms with Crippen LogP contribution >= 0.6 is 0 Å². The molecule has 1 saturated heterocycles. The van der Waals surface area contributed by atoms with E-state index in [2.05, 4.69) is 21.3 Å². The molecule has 0 aromatic heterocycles. The van der Waals surface area contributed by atoms with Crippen LogP contribution in [0.5, 0.6) is 0 Å². The smallest absolute Gasteiger partial charge is 0.326 e. The molecule has 15 heteroatoms. The summed E-state index contributed by atoms with van der Waals surface area (Å²) in [5.41, 5.74) is 10.1. The SMILES string of the molecule is NC(=O)CCC(NC(=O)C(CC(N)=O)NC(=O)C(CC(=O)O)NC(=O)C1CCCN1)C(=O)O. The first kappa shape index (κ1) is 27.3. The molecule has 1 rings (SSSR count). The van der Waals surface area contributed by atoms with Gasteiger partial charge in [0.1, 0.15) is 18.1 Å². The van der Waals surface area contributed by atoms with Gasteiger partial charge in [0.25, 0.3) is 0 Å². The predicted molar refractivity (Wildman–Crippen MR) is 109 cm³/mol. The van der Waals surface area contributed by atoms with Crippen molar-refractivity contribution in [3.05, 3.63) is 0 Å². The number of aliphatic carboxylic acids is 2. The Morgan fingerprint density at radius 1 is 0.848 bits per heavy atom. The summed E-state index contributed by atoms with van der Waals surface area (Å²) in [6, 6.07) is -5.41. The largest absolute Gasteiger partial charge is 0.481 e. The minimum atomic E-state index is -1.66. The number of nitrogens with two attached hydrogens (primary N) is 2. The summed E-state index contributed by atoms with van der Waals surface area (Å²) < 4.78 is 0. The normalized spacial score (nSPS) is 17.8. The third kappa shape index (κ3) is 9.94. The lowest BCUT2D eigenvalue weighted by Crippen LogP contribution is -2.58. The van der Waals surface area contributed by atoms with E-state index in [4.69, 9.17) is 16.6 Å². The number of nitrogens with one attached hydrogen (secondary N) is 4. The molecule has 4 unspecified atom stereocenters. The van der Waals surface area contributed by atoms with E-state index in [1.807, 2.05) is 0 Å². The average Bonchev–Trinajstić information content (AvgIpc) is 3.23. The highest BCUT2D eigenvalue weighted by atomic mass is 16.4. The van der Waals surface area contributed by atoms with Crippen molar-refractivity contribution in [2.24, 2.45) is 11.5 Å². The molecule has 33 heavy (non-hydrogen) atoms. The van der Waals surface area contributed by atoms with Gasteiger partial charge in [-0.1, -0.05) is 0 Å². The molecule has 1 aliphatic rings. The molecule has 10 N–H and O–H groups in total. The van der Waals surface area contributed by atoms with Crippen molar-refractivity contribution >= 4 is 41.5 Å². The van der Waals surface area contributed by atoms with E-state index < -0.39 is 78.5 Å². The van der Waals surface area contributed by atoms with Gasteiger partial charge in [0.15, 0.2) is 0 Å². The van der Waals surface area contributed by atoms with Crippen molar-refractivity contribution < 1.29 is 43.8 Å². The molecule has 0 aliphatic carbocycles. The first-order valence-electron chi connectivity index (χ1n) is 10.1. The third-order valence-electron chi connectivity index (χ3n) is 4.72. The Balaban J connectivity index is 2.93. The maximum Gasteiger partial charge on any atom is 0.326 e. The van der Waals surface area contributed by atoms with Gasteiger partial charge >= 0.3 is 11.9 Å². The van der Waals surface area contributed by atoms with Gasteiger partial charge in [0.05, 0.1) is 18.9 Å². The first-order chi connectivity index (χ1) is 15.4. The molecule has 0 spiro atoms. The van der Waals surface area contributed by atoms with Crippen molar-refractivity contribution in [3.8, 4) is 0 Å². The topological polar surface area (TPSA) is 260 Å². The molecule has 0 aromatic rings. The zero-order valence-corrected chi connectivity index (χ0v) is 17.7. The Labute approximate surface area is 188 Å². The minimum absolute atomic E-state index is 0.347. The van der Waals surface area contributed by atoms with Gasteiger partial charge < -0.3 is 42.9 Å². The van der Waals surface area contributed by atoms with Gasteiger partial charge in [-0.25, -0.2) is 4.79 Å². The second-order valence-electron chi connectivity index (χ2n) is 7.44. The van der Waals surface area contributed by atoms with E-state index in [-0.39, 0.29) is 12.8 Å². The van der Waals surface area contributed by atoms with Gasteiger partial charge in [-0.05, 0) is 25.8 Å². The van der Waals surface area contributed by atoms with Gasteiger partial charge in [-0.3, -0.25) is 28.8 Å². The van der Waals surface area contributed by atoms with Crippen LogP contribution < -0.4 is 32.7 Å². The number of amides is 5. The summed E-state index contributed by atoms with van der Waals surface area (Å²) in [6.45, 7) is 0.579. The van der Waals surface area contributed by atoms with E-state index in [0.29, 0.717) is 13.0 Å². The molecule has 0 radical (unpaired) electrons. The summed E-state index contributed by atoms with van der Waals surface area (Å²) >= 11 is 0. The molecule has 5 amide bonds. The van der Waals surface area contributed by atoms with E-state index in [1.165, 1.54) is 0 Å². The summed E-state index contributed by atoms with van der Waals surface area (Å²) in [6.07, 6.45) is -1.05. The van der Waals surface area contributed by atoms with Crippen LogP contribution in [0.1, 0.15) is 38.5 Å². The lowest BCUT2D eigenvalue weighted by atomic mass is 10.1. The summed E-state index contributed by atoms with van der Waals surface area (Å²) in [5, 5.41) is 27.7. The van der Waals surface area contributed by atoms with E-state index in [0.717, 1.165) is 6.42 Å². The van der Waals surface area contributed by atoms with Gasteiger partial charge in [0, 0.05) is 6.42 Å². The molecule has 1 heterocycles.